The molecule has 0 radical (unpaired) electrons. The molecule has 0 aliphatic heterocycles. The molecule has 2 heterocycles. The standard InChI is InChI=1S/C22H26N4OS/c1-5-26(6-2)18-9-10-19(15(3)12-18)25-21(27)13-20-16(4)24-22(28-20)17-8-7-11-23-14-17/h7-12,14H,5-6,13H2,1-4H3,(H,25,27). The van der Waals surface area contributed by atoms with Crippen LogP contribution in [0.4, 0.5) is 11.4 Å². The van der Waals surface area contributed by atoms with Crippen LogP contribution in [0.15, 0.2) is 42.7 Å². The maximum absolute atomic E-state index is 12.6. The van der Waals surface area contributed by atoms with E-state index >= 15 is 0 Å². The minimum absolute atomic E-state index is 0.0248. The molecule has 2 aromatic heterocycles. The van der Waals surface area contributed by atoms with Crippen LogP contribution < -0.4 is 10.2 Å². The number of hydrogen-bond donors (Lipinski definition) is 1. The Morgan fingerprint density at radius 3 is 2.61 bits per heavy atom. The van der Waals surface area contributed by atoms with Crippen molar-refractivity contribution in [3.8, 4) is 10.6 Å². The Labute approximate surface area is 170 Å². The fraction of sp³-hybridized carbons (Fsp3) is 0.318. The molecule has 1 aromatic carbocycles. The van der Waals surface area contributed by atoms with Crippen LogP contribution in [0.2, 0.25) is 0 Å². The molecule has 6 heteroatoms. The fourth-order valence-electron chi connectivity index (χ4n) is 3.12. The summed E-state index contributed by atoms with van der Waals surface area (Å²) in [6.45, 7) is 10.2. The molecular weight excluding hydrogens is 368 g/mol. The number of amides is 1. The van der Waals surface area contributed by atoms with Crippen molar-refractivity contribution in [2.45, 2.75) is 34.1 Å². The monoisotopic (exact) mass is 394 g/mol. The molecule has 0 bridgehead atoms. The molecule has 0 spiro atoms. The fourth-order valence-corrected chi connectivity index (χ4v) is 4.17. The van der Waals surface area contributed by atoms with Crippen LogP contribution in [0, 0.1) is 13.8 Å². The summed E-state index contributed by atoms with van der Waals surface area (Å²) < 4.78 is 0. The Kier molecular flexibility index (Phi) is 6.41. The lowest BCUT2D eigenvalue weighted by Crippen LogP contribution is -2.22. The van der Waals surface area contributed by atoms with Crippen molar-refractivity contribution in [1.29, 1.82) is 0 Å². The highest BCUT2D eigenvalue weighted by molar-refractivity contribution is 7.15. The van der Waals surface area contributed by atoms with E-state index in [0.29, 0.717) is 6.42 Å². The van der Waals surface area contributed by atoms with Crippen LogP contribution >= 0.6 is 11.3 Å². The number of aromatic nitrogens is 2. The van der Waals surface area contributed by atoms with Gasteiger partial charge in [-0.05, 0) is 63.6 Å². The first-order chi connectivity index (χ1) is 13.5. The van der Waals surface area contributed by atoms with Crippen molar-refractivity contribution in [2.24, 2.45) is 0 Å². The molecular formula is C22H26N4OS. The number of nitrogens with zero attached hydrogens (tertiary/aromatic N) is 3. The lowest BCUT2D eigenvalue weighted by atomic mass is 10.1. The molecule has 0 atom stereocenters. The first kappa shape index (κ1) is 20.0. The zero-order valence-electron chi connectivity index (χ0n) is 16.8. The van der Waals surface area contributed by atoms with Gasteiger partial charge in [-0.2, -0.15) is 0 Å². The number of anilines is 2. The van der Waals surface area contributed by atoms with Crippen molar-refractivity contribution >= 4 is 28.6 Å². The van der Waals surface area contributed by atoms with E-state index in [1.165, 1.54) is 5.69 Å². The molecule has 3 rings (SSSR count). The van der Waals surface area contributed by atoms with Gasteiger partial charge in [0, 0.05) is 47.3 Å². The molecule has 3 aromatic rings. The minimum Gasteiger partial charge on any atom is -0.372 e. The Morgan fingerprint density at radius 2 is 1.96 bits per heavy atom. The number of hydrogen-bond acceptors (Lipinski definition) is 5. The Hall–Kier alpha value is -2.73. The van der Waals surface area contributed by atoms with Crippen LogP contribution in [-0.2, 0) is 11.2 Å². The van der Waals surface area contributed by atoms with Gasteiger partial charge in [0.2, 0.25) is 5.91 Å². The molecule has 5 nitrogen and oxygen atoms in total. The topological polar surface area (TPSA) is 58.1 Å². The highest BCUT2D eigenvalue weighted by Crippen LogP contribution is 2.28. The van der Waals surface area contributed by atoms with Gasteiger partial charge in [-0.1, -0.05) is 0 Å². The summed E-state index contributed by atoms with van der Waals surface area (Å²) in [5.41, 5.74) is 4.97. The normalized spacial score (nSPS) is 10.7. The molecule has 0 saturated carbocycles. The number of pyridine rings is 1. The predicted octanol–water partition coefficient (Wildman–Crippen LogP) is 4.85. The molecule has 28 heavy (non-hydrogen) atoms. The predicted molar refractivity (Wildman–Crippen MR) is 117 cm³/mol. The summed E-state index contributed by atoms with van der Waals surface area (Å²) in [6.07, 6.45) is 3.86. The number of rotatable bonds is 7. The van der Waals surface area contributed by atoms with Crippen LogP contribution in [0.3, 0.4) is 0 Å². The summed E-state index contributed by atoms with van der Waals surface area (Å²) in [4.78, 5) is 24.6. The van der Waals surface area contributed by atoms with Crippen LogP contribution in [0.5, 0.6) is 0 Å². The van der Waals surface area contributed by atoms with Gasteiger partial charge in [0.1, 0.15) is 5.01 Å². The summed E-state index contributed by atoms with van der Waals surface area (Å²) in [6, 6.07) is 10.1. The minimum atomic E-state index is -0.0248. The van der Waals surface area contributed by atoms with E-state index in [2.05, 4.69) is 46.2 Å². The van der Waals surface area contributed by atoms with Gasteiger partial charge in [0.15, 0.2) is 0 Å². The zero-order chi connectivity index (χ0) is 20.1. The first-order valence-electron chi connectivity index (χ1n) is 9.54. The van der Waals surface area contributed by atoms with Gasteiger partial charge in [0.25, 0.3) is 0 Å². The van der Waals surface area contributed by atoms with E-state index < -0.39 is 0 Å². The highest BCUT2D eigenvalue weighted by Gasteiger charge is 2.14. The Balaban J connectivity index is 1.70. The molecule has 1 N–H and O–H groups in total. The van der Waals surface area contributed by atoms with Crippen molar-refractivity contribution < 1.29 is 4.79 Å². The third-order valence-electron chi connectivity index (χ3n) is 4.73. The lowest BCUT2D eigenvalue weighted by Gasteiger charge is -2.22. The quantitative estimate of drug-likeness (QED) is 0.622. The first-order valence-corrected chi connectivity index (χ1v) is 10.4. The van der Waals surface area contributed by atoms with Crippen molar-refractivity contribution in [3.05, 3.63) is 58.9 Å². The second-order valence-corrected chi connectivity index (χ2v) is 7.75. The third-order valence-corrected chi connectivity index (χ3v) is 5.94. The van der Waals surface area contributed by atoms with Gasteiger partial charge < -0.3 is 10.2 Å². The summed E-state index contributed by atoms with van der Waals surface area (Å²) >= 11 is 1.55. The molecule has 0 saturated heterocycles. The van der Waals surface area contributed by atoms with Gasteiger partial charge in [0.05, 0.1) is 12.1 Å². The summed E-state index contributed by atoms with van der Waals surface area (Å²) in [5.74, 6) is -0.0248. The Morgan fingerprint density at radius 1 is 1.18 bits per heavy atom. The number of carbonyl (C=O) groups excluding carboxylic acids is 1. The van der Waals surface area contributed by atoms with E-state index in [1.54, 1.807) is 23.7 Å². The lowest BCUT2D eigenvalue weighted by molar-refractivity contribution is -0.115. The average molecular weight is 395 g/mol. The van der Waals surface area contributed by atoms with E-state index in [-0.39, 0.29) is 5.91 Å². The van der Waals surface area contributed by atoms with Crippen molar-refractivity contribution in [1.82, 2.24) is 9.97 Å². The van der Waals surface area contributed by atoms with Crippen LogP contribution in [0.1, 0.15) is 30.0 Å². The van der Waals surface area contributed by atoms with Gasteiger partial charge in [-0.15, -0.1) is 11.3 Å². The number of aryl methyl sites for hydroxylation is 2. The van der Waals surface area contributed by atoms with Crippen molar-refractivity contribution in [2.75, 3.05) is 23.3 Å². The average Bonchev–Trinajstić information content (AvgIpc) is 3.06. The third kappa shape index (κ3) is 4.57. The van der Waals surface area contributed by atoms with E-state index in [0.717, 1.165) is 45.5 Å². The number of carbonyl (C=O) groups is 1. The van der Waals surface area contributed by atoms with Gasteiger partial charge in [-0.3, -0.25) is 9.78 Å². The molecule has 1 amide bonds. The molecule has 0 aliphatic carbocycles. The summed E-state index contributed by atoms with van der Waals surface area (Å²) in [7, 11) is 0. The number of nitrogens with one attached hydrogen (secondary N) is 1. The SMILES string of the molecule is CCN(CC)c1ccc(NC(=O)Cc2sc(-c3cccnc3)nc2C)c(C)c1. The van der Waals surface area contributed by atoms with E-state index in [1.807, 2.05) is 32.0 Å². The van der Waals surface area contributed by atoms with Gasteiger partial charge >= 0.3 is 0 Å². The maximum atomic E-state index is 12.6. The molecule has 146 valence electrons. The van der Waals surface area contributed by atoms with E-state index in [4.69, 9.17) is 0 Å². The van der Waals surface area contributed by atoms with Crippen molar-refractivity contribution in [3.63, 3.8) is 0 Å². The second kappa shape index (κ2) is 8.97. The smallest absolute Gasteiger partial charge is 0.229 e. The highest BCUT2D eigenvalue weighted by atomic mass is 32.1. The second-order valence-electron chi connectivity index (χ2n) is 6.67. The molecule has 0 unspecified atom stereocenters. The van der Waals surface area contributed by atoms with Gasteiger partial charge in [-0.25, -0.2) is 4.98 Å². The molecule has 0 aliphatic rings. The number of benzene rings is 1. The van der Waals surface area contributed by atoms with E-state index in [9.17, 15) is 4.79 Å². The zero-order valence-corrected chi connectivity index (χ0v) is 17.6. The Bertz CT molecular complexity index is 948. The van der Waals surface area contributed by atoms with Crippen LogP contribution in [0.25, 0.3) is 10.6 Å². The molecule has 0 fully saturated rings. The largest absolute Gasteiger partial charge is 0.372 e. The maximum Gasteiger partial charge on any atom is 0.229 e. The summed E-state index contributed by atoms with van der Waals surface area (Å²) in [5, 5.41) is 3.94. The number of thiazole rings is 1. The van der Waals surface area contributed by atoms with Crippen LogP contribution in [-0.4, -0.2) is 29.0 Å².